The van der Waals surface area contributed by atoms with Gasteiger partial charge >= 0.3 is 5.97 Å². The van der Waals surface area contributed by atoms with Crippen molar-refractivity contribution >= 4 is 17.5 Å². The third-order valence-electron chi connectivity index (χ3n) is 4.32. The summed E-state index contributed by atoms with van der Waals surface area (Å²) < 4.78 is 0. The van der Waals surface area contributed by atoms with Crippen LogP contribution in [0.25, 0.3) is 0 Å². The number of Topliss-reactive ketones (excluding diaryl/α,β-unsaturated/α-hetero) is 1. The van der Waals surface area contributed by atoms with Crippen LogP contribution in [-0.2, 0) is 14.4 Å². The topological polar surface area (TPSA) is 76.0 Å². The summed E-state index contributed by atoms with van der Waals surface area (Å²) in [5.74, 6) is -0.393. The van der Waals surface area contributed by atoms with E-state index in [1.165, 1.54) is 32.6 Å². The number of carboxylic acid groups (broad SMARTS) is 1. The number of carboxylic acids is 1. The lowest BCUT2D eigenvalue weighted by Crippen LogP contribution is -2.31. The molecule has 2 aliphatic rings. The molecule has 5 nitrogen and oxygen atoms in total. The SMILES string of the molecule is CC(=O)C(=NOC1CCC2CCCCC2C1)C(=O)O. The van der Waals surface area contributed by atoms with Crippen molar-refractivity contribution in [1.29, 1.82) is 0 Å². The van der Waals surface area contributed by atoms with E-state index in [-0.39, 0.29) is 6.10 Å². The van der Waals surface area contributed by atoms with E-state index in [1.807, 2.05) is 0 Å². The average molecular weight is 267 g/mol. The number of ketones is 1. The van der Waals surface area contributed by atoms with E-state index in [9.17, 15) is 9.59 Å². The molecule has 0 heterocycles. The fourth-order valence-electron chi connectivity index (χ4n) is 3.31. The van der Waals surface area contributed by atoms with Gasteiger partial charge in [0.2, 0.25) is 5.71 Å². The van der Waals surface area contributed by atoms with Crippen molar-refractivity contribution in [3.05, 3.63) is 0 Å². The van der Waals surface area contributed by atoms with Crippen molar-refractivity contribution in [2.75, 3.05) is 0 Å². The van der Waals surface area contributed by atoms with Crippen LogP contribution < -0.4 is 0 Å². The molecule has 2 rings (SSSR count). The van der Waals surface area contributed by atoms with E-state index in [1.54, 1.807) is 0 Å². The van der Waals surface area contributed by atoms with Crippen molar-refractivity contribution in [3.63, 3.8) is 0 Å². The molecule has 0 bridgehead atoms. The zero-order valence-electron chi connectivity index (χ0n) is 11.3. The number of oxime groups is 1. The molecule has 106 valence electrons. The van der Waals surface area contributed by atoms with Crippen LogP contribution in [0.5, 0.6) is 0 Å². The minimum Gasteiger partial charge on any atom is -0.476 e. The molecule has 0 radical (unpaired) electrons. The number of rotatable bonds is 4. The molecule has 3 atom stereocenters. The van der Waals surface area contributed by atoms with Gasteiger partial charge in [-0.3, -0.25) is 4.79 Å². The minimum atomic E-state index is -1.32. The van der Waals surface area contributed by atoms with E-state index in [0.717, 1.165) is 25.2 Å². The monoisotopic (exact) mass is 267 g/mol. The summed E-state index contributed by atoms with van der Waals surface area (Å²) >= 11 is 0. The Morgan fingerprint density at radius 2 is 1.79 bits per heavy atom. The van der Waals surface area contributed by atoms with Crippen LogP contribution in [0.1, 0.15) is 51.9 Å². The van der Waals surface area contributed by atoms with E-state index >= 15 is 0 Å². The van der Waals surface area contributed by atoms with Gasteiger partial charge in [0, 0.05) is 6.92 Å². The molecule has 2 aliphatic carbocycles. The second-order valence-electron chi connectivity index (χ2n) is 5.65. The molecule has 0 aromatic rings. The fraction of sp³-hybridized carbons (Fsp3) is 0.786. The highest BCUT2D eigenvalue weighted by molar-refractivity contribution is 6.63. The van der Waals surface area contributed by atoms with Crippen molar-refractivity contribution in [1.82, 2.24) is 0 Å². The van der Waals surface area contributed by atoms with Crippen molar-refractivity contribution < 1.29 is 19.5 Å². The summed E-state index contributed by atoms with van der Waals surface area (Å²) in [6.45, 7) is 1.19. The van der Waals surface area contributed by atoms with Gasteiger partial charge in [0.25, 0.3) is 0 Å². The zero-order valence-corrected chi connectivity index (χ0v) is 11.3. The maximum Gasteiger partial charge on any atom is 0.361 e. The Labute approximate surface area is 113 Å². The van der Waals surface area contributed by atoms with Crippen LogP contribution in [0, 0.1) is 11.8 Å². The van der Waals surface area contributed by atoms with E-state index < -0.39 is 17.5 Å². The number of fused-ring (bicyclic) bond motifs is 1. The summed E-state index contributed by atoms with van der Waals surface area (Å²) in [5, 5.41) is 12.4. The Balaban J connectivity index is 1.91. The first-order valence-corrected chi connectivity index (χ1v) is 7.06. The third-order valence-corrected chi connectivity index (χ3v) is 4.32. The van der Waals surface area contributed by atoms with Gasteiger partial charge in [-0.1, -0.05) is 30.8 Å². The Morgan fingerprint density at radius 1 is 1.11 bits per heavy atom. The summed E-state index contributed by atoms with van der Waals surface area (Å²) in [7, 11) is 0. The van der Waals surface area contributed by atoms with Gasteiger partial charge in [-0.2, -0.15) is 0 Å². The molecule has 3 unspecified atom stereocenters. The first-order chi connectivity index (χ1) is 9.08. The van der Waals surface area contributed by atoms with E-state index in [4.69, 9.17) is 9.94 Å². The molecule has 2 saturated carbocycles. The van der Waals surface area contributed by atoms with Gasteiger partial charge < -0.3 is 9.94 Å². The third kappa shape index (κ3) is 3.55. The number of carbonyl (C=O) groups excluding carboxylic acids is 1. The molecule has 1 N–H and O–H groups in total. The van der Waals surface area contributed by atoms with Crippen molar-refractivity contribution in [2.24, 2.45) is 17.0 Å². The normalized spacial score (nSPS) is 31.4. The van der Waals surface area contributed by atoms with Crippen LogP contribution in [0.4, 0.5) is 0 Å². The van der Waals surface area contributed by atoms with Gasteiger partial charge in [0.1, 0.15) is 6.10 Å². The van der Waals surface area contributed by atoms with Gasteiger partial charge in [0.05, 0.1) is 0 Å². The summed E-state index contributed by atoms with van der Waals surface area (Å²) in [4.78, 5) is 27.2. The summed E-state index contributed by atoms with van der Waals surface area (Å²) in [6, 6.07) is 0. The second kappa shape index (κ2) is 6.17. The highest BCUT2D eigenvalue weighted by Gasteiger charge is 2.33. The lowest BCUT2D eigenvalue weighted by atomic mass is 9.70. The predicted molar refractivity (Wildman–Crippen MR) is 69.9 cm³/mol. The number of carbonyl (C=O) groups is 2. The molecule has 0 aliphatic heterocycles. The molecule has 0 spiro atoms. The lowest BCUT2D eigenvalue weighted by molar-refractivity contribution is -0.130. The Hall–Kier alpha value is -1.39. The van der Waals surface area contributed by atoms with Gasteiger partial charge in [-0.05, 0) is 31.1 Å². The summed E-state index contributed by atoms with van der Waals surface area (Å²) in [5.41, 5.74) is -0.509. The predicted octanol–water partition coefficient (Wildman–Crippen LogP) is 2.39. The molecular weight excluding hydrogens is 246 g/mol. The lowest BCUT2D eigenvalue weighted by Gasteiger charge is -2.38. The Morgan fingerprint density at radius 3 is 2.42 bits per heavy atom. The molecule has 2 fully saturated rings. The highest BCUT2D eigenvalue weighted by atomic mass is 16.6. The zero-order chi connectivity index (χ0) is 13.8. The summed E-state index contributed by atoms with van der Waals surface area (Å²) in [6.07, 6.45) is 8.12. The number of hydrogen-bond donors (Lipinski definition) is 1. The maximum absolute atomic E-state index is 11.1. The van der Waals surface area contributed by atoms with E-state index in [0.29, 0.717) is 5.92 Å². The fourth-order valence-corrected chi connectivity index (χ4v) is 3.31. The van der Waals surface area contributed by atoms with E-state index in [2.05, 4.69) is 5.16 Å². The van der Waals surface area contributed by atoms with Crippen molar-refractivity contribution in [2.45, 2.75) is 58.0 Å². The van der Waals surface area contributed by atoms with Crippen LogP contribution in [0.2, 0.25) is 0 Å². The molecule has 0 aromatic carbocycles. The average Bonchev–Trinajstić information content (AvgIpc) is 2.38. The van der Waals surface area contributed by atoms with Crippen LogP contribution >= 0.6 is 0 Å². The van der Waals surface area contributed by atoms with Crippen LogP contribution in [-0.4, -0.2) is 28.7 Å². The van der Waals surface area contributed by atoms with Crippen LogP contribution in [0.3, 0.4) is 0 Å². The standard InChI is InChI=1S/C14H21NO4/c1-9(16)13(14(17)18)15-19-12-7-6-10-4-2-3-5-11(10)8-12/h10-12H,2-8H2,1H3,(H,17,18). The first kappa shape index (κ1) is 14.0. The molecule has 19 heavy (non-hydrogen) atoms. The Kier molecular flexibility index (Phi) is 4.56. The number of hydrogen-bond acceptors (Lipinski definition) is 4. The molecular formula is C14H21NO4. The minimum absolute atomic E-state index is 0.0342. The smallest absolute Gasteiger partial charge is 0.361 e. The largest absolute Gasteiger partial charge is 0.476 e. The van der Waals surface area contributed by atoms with Gasteiger partial charge in [-0.25, -0.2) is 4.79 Å². The van der Waals surface area contributed by atoms with Crippen molar-refractivity contribution in [3.8, 4) is 0 Å². The molecule has 5 heteroatoms. The molecule has 0 amide bonds. The second-order valence-corrected chi connectivity index (χ2v) is 5.65. The van der Waals surface area contributed by atoms with Gasteiger partial charge in [0.15, 0.2) is 5.78 Å². The number of nitrogens with zero attached hydrogens (tertiary/aromatic N) is 1. The highest BCUT2D eigenvalue weighted by Crippen LogP contribution is 2.41. The van der Waals surface area contributed by atoms with Gasteiger partial charge in [-0.15, -0.1) is 0 Å². The first-order valence-electron chi connectivity index (χ1n) is 7.06. The maximum atomic E-state index is 11.1. The number of aliphatic carboxylic acids is 1. The molecule has 0 saturated heterocycles. The Bertz CT molecular complexity index is 375. The molecule has 0 aromatic heterocycles. The quantitative estimate of drug-likeness (QED) is 0.482. The van der Waals surface area contributed by atoms with Crippen LogP contribution in [0.15, 0.2) is 5.16 Å².